The number of benzene rings is 1. The highest BCUT2D eigenvalue weighted by atomic mass is 28.4. The lowest BCUT2D eigenvalue weighted by Crippen LogP contribution is -2.61. The van der Waals surface area contributed by atoms with Gasteiger partial charge in [0.15, 0.2) is 15.1 Å². The molecule has 2 atom stereocenters. The maximum atomic E-state index is 12.7. The number of ether oxygens (including phenoxy) is 2. The summed E-state index contributed by atoms with van der Waals surface area (Å²) in [5.74, 6) is 0.767. The number of likely N-dealkylation sites (N-methyl/N-ethyl adjacent to an activating group) is 1. The molecule has 2 heterocycles. The second-order valence-corrected chi connectivity index (χ2v) is 17.1. The van der Waals surface area contributed by atoms with Gasteiger partial charge >= 0.3 is 6.09 Å². The number of aliphatic hydroxyl groups excluding tert-OH is 1. The van der Waals surface area contributed by atoms with E-state index in [9.17, 15) is 9.90 Å². The quantitative estimate of drug-likeness (QED) is 0.429. The van der Waals surface area contributed by atoms with Crippen LogP contribution in [0, 0.1) is 0 Å². The van der Waals surface area contributed by atoms with Gasteiger partial charge in [-0.15, -0.1) is 0 Å². The van der Waals surface area contributed by atoms with E-state index in [4.69, 9.17) is 13.9 Å². The molecule has 1 aromatic carbocycles. The predicted molar refractivity (Wildman–Crippen MR) is 142 cm³/mol. The molecule has 0 spiro atoms. The van der Waals surface area contributed by atoms with Crippen LogP contribution in [0.5, 0.6) is 5.75 Å². The minimum atomic E-state index is -1.86. The van der Waals surface area contributed by atoms with Gasteiger partial charge in [0, 0.05) is 19.1 Å². The third-order valence-corrected chi connectivity index (χ3v) is 12.0. The van der Waals surface area contributed by atoms with Crippen molar-refractivity contribution in [2.45, 2.75) is 83.8 Å². The number of piperazine rings is 1. The molecule has 8 heteroatoms. The Bertz CT molecular complexity index is 930. The van der Waals surface area contributed by atoms with Gasteiger partial charge in [-0.05, 0) is 81.2 Å². The fourth-order valence-electron chi connectivity index (χ4n) is 4.38. The summed E-state index contributed by atoms with van der Waals surface area (Å²) in [6.45, 7) is 18.0. The fraction of sp³-hybridized carbons (Fsp3) is 0.667. The van der Waals surface area contributed by atoms with Gasteiger partial charge in [0.2, 0.25) is 0 Å². The molecule has 2 aliphatic rings. The van der Waals surface area contributed by atoms with Crippen molar-refractivity contribution in [2.75, 3.05) is 33.5 Å². The molecule has 7 nitrogen and oxygen atoms in total. The van der Waals surface area contributed by atoms with Crippen LogP contribution in [0.15, 0.2) is 29.8 Å². The van der Waals surface area contributed by atoms with E-state index in [2.05, 4.69) is 57.9 Å². The van der Waals surface area contributed by atoms with Gasteiger partial charge in [-0.3, -0.25) is 4.90 Å². The van der Waals surface area contributed by atoms with Crippen LogP contribution in [0.25, 0.3) is 5.57 Å². The standard InChI is InChI=1S/C27H44N2O5Si/c1-26(2,3)34-25(31)29-15-20-14-22(23(17-30)24(16-29)28(20)7)19-10-12-21(13-11-19)32-18-33-35(8,9)27(4,5)6/h10-13,20,24,30H,14-18H2,1-9H3. The van der Waals surface area contributed by atoms with Crippen LogP contribution < -0.4 is 4.74 Å². The highest BCUT2D eigenvalue weighted by Gasteiger charge is 2.42. The smallest absolute Gasteiger partial charge is 0.410 e. The third-order valence-electron chi connectivity index (χ3n) is 7.60. The van der Waals surface area contributed by atoms with Gasteiger partial charge < -0.3 is 23.9 Å². The number of hydrogen-bond donors (Lipinski definition) is 1. The van der Waals surface area contributed by atoms with Gasteiger partial charge in [0.05, 0.1) is 12.6 Å². The van der Waals surface area contributed by atoms with Gasteiger partial charge in [0.1, 0.15) is 11.4 Å². The number of aliphatic hydroxyl groups is 1. The van der Waals surface area contributed by atoms with Crippen LogP contribution >= 0.6 is 0 Å². The molecule has 35 heavy (non-hydrogen) atoms. The summed E-state index contributed by atoms with van der Waals surface area (Å²) in [6, 6.07) is 8.17. The summed E-state index contributed by atoms with van der Waals surface area (Å²) in [5, 5.41) is 10.5. The van der Waals surface area contributed by atoms with Crippen molar-refractivity contribution in [2.24, 2.45) is 0 Å². The minimum Gasteiger partial charge on any atom is -0.469 e. The van der Waals surface area contributed by atoms with Crippen molar-refractivity contribution in [3.05, 3.63) is 35.4 Å². The van der Waals surface area contributed by atoms with E-state index in [1.807, 2.05) is 32.9 Å². The molecule has 3 rings (SSSR count). The first-order valence-electron chi connectivity index (χ1n) is 12.5. The molecule has 1 fully saturated rings. The largest absolute Gasteiger partial charge is 0.469 e. The summed E-state index contributed by atoms with van der Waals surface area (Å²) in [5.41, 5.74) is 2.68. The van der Waals surface area contributed by atoms with Crippen LogP contribution in [-0.2, 0) is 9.16 Å². The summed E-state index contributed by atoms with van der Waals surface area (Å²) in [6.07, 6.45) is 0.472. The van der Waals surface area contributed by atoms with E-state index >= 15 is 0 Å². The van der Waals surface area contributed by atoms with Crippen LogP contribution in [0.1, 0.15) is 53.5 Å². The van der Waals surface area contributed by atoms with Crippen LogP contribution in [0.4, 0.5) is 4.79 Å². The zero-order valence-corrected chi connectivity index (χ0v) is 24.0. The number of carbonyl (C=O) groups is 1. The molecule has 2 aliphatic heterocycles. The van der Waals surface area contributed by atoms with E-state index in [1.165, 1.54) is 0 Å². The summed E-state index contributed by atoms with van der Waals surface area (Å²) < 4.78 is 17.6. The number of fused-ring (bicyclic) bond motifs is 2. The Morgan fingerprint density at radius 2 is 1.71 bits per heavy atom. The Kier molecular flexibility index (Phi) is 8.11. The lowest BCUT2D eigenvalue weighted by molar-refractivity contribution is -0.00424. The Morgan fingerprint density at radius 3 is 2.26 bits per heavy atom. The van der Waals surface area contributed by atoms with Crippen molar-refractivity contribution >= 4 is 20.0 Å². The summed E-state index contributed by atoms with van der Waals surface area (Å²) in [4.78, 5) is 16.8. The van der Waals surface area contributed by atoms with Crippen molar-refractivity contribution in [1.29, 1.82) is 0 Å². The normalized spacial score (nSPS) is 21.8. The van der Waals surface area contributed by atoms with E-state index in [1.54, 1.807) is 4.90 Å². The molecular weight excluding hydrogens is 460 g/mol. The Morgan fingerprint density at radius 1 is 1.09 bits per heavy atom. The third kappa shape index (κ3) is 6.47. The molecule has 0 radical (unpaired) electrons. The number of rotatable bonds is 6. The second-order valence-electron chi connectivity index (χ2n) is 12.3. The molecule has 1 saturated heterocycles. The van der Waals surface area contributed by atoms with E-state index in [-0.39, 0.29) is 36.6 Å². The second kappa shape index (κ2) is 10.2. The van der Waals surface area contributed by atoms with Crippen molar-refractivity contribution in [3.8, 4) is 5.75 Å². The summed E-state index contributed by atoms with van der Waals surface area (Å²) >= 11 is 0. The Balaban J connectivity index is 1.73. The highest BCUT2D eigenvalue weighted by Crippen LogP contribution is 2.38. The number of hydrogen-bond acceptors (Lipinski definition) is 6. The molecule has 1 aromatic rings. The first kappa shape index (κ1) is 27.7. The van der Waals surface area contributed by atoms with Crippen LogP contribution in [-0.4, -0.2) is 80.5 Å². The topological polar surface area (TPSA) is 71.5 Å². The minimum absolute atomic E-state index is 0.0380. The maximum absolute atomic E-state index is 12.7. The van der Waals surface area contributed by atoms with Crippen molar-refractivity contribution in [1.82, 2.24) is 9.80 Å². The van der Waals surface area contributed by atoms with Gasteiger partial charge in [-0.1, -0.05) is 32.9 Å². The molecule has 0 saturated carbocycles. The van der Waals surface area contributed by atoms with Gasteiger partial charge in [-0.25, -0.2) is 4.79 Å². The lowest BCUT2D eigenvalue weighted by atomic mass is 9.82. The SMILES string of the molecule is CN1C2CC(c3ccc(OCO[Si](C)(C)C(C)(C)C)cc3)=C(CO)C1CN(C(=O)OC(C)(C)C)C2. The van der Waals surface area contributed by atoms with E-state index in [0.29, 0.717) is 13.1 Å². The van der Waals surface area contributed by atoms with Crippen LogP contribution in [0.2, 0.25) is 18.1 Å². The highest BCUT2D eigenvalue weighted by molar-refractivity contribution is 6.74. The van der Waals surface area contributed by atoms with Crippen molar-refractivity contribution < 1.29 is 23.8 Å². The number of amides is 1. The molecule has 196 valence electrons. The zero-order valence-electron chi connectivity index (χ0n) is 23.0. The lowest BCUT2D eigenvalue weighted by Gasteiger charge is -2.49. The van der Waals surface area contributed by atoms with Crippen molar-refractivity contribution in [3.63, 3.8) is 0 Å². The molecule has 2 unspecified atom stereocenters. The van der Waals surface area contributed by atoms with Gasteiger partial charge in [-0.2, -0.15) is 0 Å². The molecule has 2 bridgehead atoms. The molecular formula is C27H44N2O5Si. The zero-order chi connectivity index (χ0) is 26.2. The first-order chi connectivity index (χ1) is 16.1. The Hall–Kier alpha value is -1.87. The number of nitrogens with zero attached hydrogens (tertiary/aromatic N) is 2. The first-order valence-corrected chi connectivity index (χ1v) is 15.4. The summed E-state index contributed by atoms with van der Waals surface area (Å²) in [7, 11) is 0.218. The molecule has 1 amide bonds. The Labute approximate surface area is 212 Å². The van der Waals surface area contributed by atoms with Crippen LogP contribution in [0.3, 0.4) is 0 Å². The van der Waals surface area contributed by atoms with E-state index < -0.39 is 13.9 Å². The molecule has 0 aromatic heterocycles. The molecule has 1 N–H and O–H groups in total. The predicted octanol–water partition coefficient (Wildman–Crippen LogP) is 5.11. The van der Waals surface area contributed by atoms with Gasteiger partial charge in [0.25, 0.3) is 0 Å². The fourth-order valence-corrected chi connectivity index (χ4v) is 5.16. The maximum Gasteiger partial charge on any atom is 0.410 e. The average Bonchev–Trinajstić information content (AvgIpc) is 2.72. The monoisotopic (exact) mass is 504 g/mol. The molecule has 0 aliphatic carbocycles. The number of carbonyl (C=O) groups excluding carboxylic acids is 1. The average molecular weight is 505 g/mol. The van der Waals surface area contributed by atoms with E-state index in [0.717, 1.165) is 28.9 Å².